The average molecular weight is 296 g/mol. The Labute approximate surface area is 97.4 Å². The summed E-state index contributed by atoms with van der Waals surface area (Å²) in [6.45, 7) is 0. The van der Waals surface area contributed by atoms with Gasteiger partial charge in [-0.15, -0.1) is 0 Å². The van der Waals surface area contributed by atoms with Gasteiger partial charge >= 0.3 is 5.97 Å². The van der Waals surface area contributed by atoms with Gasteiger partial charge in [0.15, 0.2) is 5.43 Å². The quantitative estimate of drug-likeness (QED) is 0.833. The van der Waals surface area contributed by atoms with Gasteiger partial charge in [0.2, 0.25) is 0 Å². The number of carboxylic acid groups (broad SMARTS) is 1. The molecule has 16 heavy (non-hydrogen) atoms. The Morgan fingerprint density at radius 2 is 2.19 bits per heavy atom. The van der Waals surface area contributed by atoms with Crippen molar-refractivity contribution < 1.29 is 18.7 Å². The van der Waals surface area contributed by atoms with E-state index >= 15 is 0 Å². The molecule has 2 N–H and O–H groups in total. The Kier molecular flexibility index (Phi) is 4.17. The van der Waals surface area contributed by atoms with E-state index in [9.17, 15) is 18.4 Å². The third-order valence-electron chi connectivity index (χ3n) is 1.90. The molecule has 0 radical (unpaired) electrons. The number of aromatic nitrogens is 1. The van der Waals surface area contributed by atoms with Crippen LogP contribution in [0.5, 0.6) is 0 Å². The number of H-pyrrole nitrogens is 1. The van der Waals surface area contributed by atoms with Gasteiger partial charge in [0, 0.05) is 22.8 Å². The molecule has 7 heteroatoms. The van der Waals surface area contributed by atoms with Crippen molar-refractivity contribution in [1.29, 1.82) is 0 Å². The summed E-state index contributed by atoms with van der Waals surface area (Å²) in [5.41, 5.74) is -1.35. The molecule has 88 valence electrons. The van der Waals surface area contributed by atoms with E-state index in [2.05, 4.69) is 20.9 Å². The van der Waals surface area contributed by atoms with Crippen LogP contribution in [0, 0.1) is 0 Å². The van der Waals surface area contributed by atoms with E-state index in [0.717, 1.165) is 6.07 Å². The lowest BCUT2D eigenvalue weighted by Gasteiger charge is -2.07. The Balaban J connectivity index is 3.26. The number of halogens is 3. The van der Waals surface area contributed by atoms with Gasteiger partial charge in [-0.3, -0.25) is 9.59 Å². The standard InChI is InChI=1S/C9H8BrF2NO3/c10-3-5-8(9(11)12)6(14)1-4(13-5)2-7(15)16/h1,9H,2-3H2,(H,13,14)(H,15,16). The van der Waals surface area contributed by atoms with E-state index in [-0.39, 0.29) is 16.7 Å². The number of hydrogen-bond acceptors (Lipinski definition) is 2. The Morgan fingerprint density at radius 3 is 2.62 bits per heavy atom. The highest BCUT2D eigenvalue weighted by molar-refractivity contribution is 9.08. The fourth-order valence-electron chi connectivity index (χ4n) is 1.28. The van der Waals surface area contributed by atoms with Crippen molar-refractivity contribution in [2.45, 2.75) is 18.2 Å². The van der Waals surface area contributed by atoms with Gasteiger partial charge < -0.3 is 10.1 Å². The lowest BCUT2D eigenvalue weighted by atomic mass is 10.1. The first kappa shape index (κ1) is 12.8. The number of aliphatic carboxylic acids is 1. The highest BCUT2D eigenvalue weighted by Crippen LogP contribution is 2.20. The summed E-state index contributed by atoms with van der Waals surface area (Å²) < 4.78 is 25.0. The van der Waals surface area contributed by atoms with E-state index in [1.165, 1.54) is 0 Å². The lowest BCUT2D eigenvalue weighted by molar-refractivity contribution is -0.136. The molecular formula is C9H8BrF2NO3. The molecule has 0 aliphatic carbocycles. The monoisotopic (exact) mass is 295 g/mol. The molecule has 0 aromatic carbocycles. The highest BCUT2D eigenvalue weighted by Gasteiger charge is 2.18. The van der Waals surface area contributed by atoms with Gasteiger partial charge in [0.05, 0.1) is 12.0 Å². The molecule has 0 saturated heterocycles. The Bertz CT molecular complexity index is 459. The topological polar surface area (TPSA) is 70.2 Å². The second-order valence-corrected chi connectivity index (χ2v) is 3.62. The van der Waals surface area contributed by atoms with E-state index in [4.69, 9.17) is 5.11 Å². The first-order valence-electron chi connectivity index (χ1n) is 4.26. The molecule has 1 heterocycles. The summed E-state index contributed by atoms with van der Waals surface area (Å²) in [6, 6.07) is 0.891. The molecule has 0 unspecified atom stereocenters. The van der Waals surface area contributed by atoms with Crippen molar-refractivity contribution in [2.75, 3.05) is 0 Å². The van der Waals surface area contributed by atoms with Gasteiger partial charge in [0.25, 0.3) is 6.43 Å². The molecule has 0 bridgehead atoms. The Morgan fingerprint density at radius 1 is 1.56 bits per heavy atom. The maximum absolute atomic E-state index is 12.5. The molecule has 0 spiro atoms. The number of rotatable bonds is 4. The van der Waals surface area contributed by atoms with Gasteiger partial charge in [-0.2, -0.15) is 0 Å². The van der Waals surface area contributed by atoms with Crippen molar-refractivity contribution in [1.82, 2.24) is 4.98 Å². The molecule has 4 nitrogen and oxygen atoms in total. The SMILES string of the molecule is O=C(O)Cc1cc(=O)c(C(F)F)c(CBr)[nH]1. The smallest absolute Gasteiger partial charge is 0.309 e. The minimum Gasteiger partial charge on any atom is -0.481 e. The number of aromatic amines is 1. The average Bonchev–Trinajstić information content (AvgIpc) is 2.14. The maximum atomic E-state index is 12.5. The fraction of sp³-hybridized carbons (Fsp3) is 0.333. The van der Waals surface area contributed by atoms with Crippen molar-refractivity contribution in [3.63, 3.8) is 0 Å². The van der Waals surface area contributed by atoms with Gasteiger partial charge in [-0.1, -0.05) is 15.9 Å². The van der Waals surface area contributed by atoms with Gasteiger partial charge in [-0.25, -0.2) is 8.78 Å². The van der Waals surface area contributed by atoms with Crippen LogP contribution in [-0.4, -0.2) is 16.1 Å². The molecule has 0 aliphatic rings. The fourth-order valence-corrected chi connectivity index (χ4v) is 1.73. The van der Waals surface area contributed by atoms with Crippen LogP contribution in [0.2, 0.25) is 0 Å². The normalized spacial score (nSPS) is 10.8. The minimum absolute atomic E-state index is 0.0127. The van der Waals surface area contributed by atoms with Crippen molar-refractivity contribution >= 4 is 21.9 Å². The van der Waals surface area contributed by atoms with Gasteiger partial charge in [-0.05, 0) is 0 Å². The zero-order valence-electron chi connectivity index (χ0n) is 7.97. The molecule has 0 atom stereocenters. The zero-order valence-corrected chi connectivity index (χ0v) is 9.55. The summed E-state index contributed by atoms with van der Waals surface area (Å²) in [5, 5.41) is 8.56. The van der Waals surface area contributed by atoms with E-state index in [1.54, 1.807) is 0 Å². The summed E-state index contributed by atoms with van der Waals surface area (Å²) in [6.07, 6.45) is -3.28. The number of alkyl halides is 3. The summed E-state index contributed by atoms with van der Waals surface area (Å²) in [5.74, 6) is -1.14. The number of pyridine rings is 1. The molecule has 1 aromatic heterocycles. The van der Waals surface area contributed by atoms with Crippen LogP contribution < -0.4 is 5.43 Å². The van der Waals surface area contributed by atoms with Crippen LogP contribution in [0.25, 0.3) is 0 Å². The highest BCUT2D eigenvalue weighted by atomic mass is 79.9. The number of carboxylic acids is 1. The maximum Gasteiger partial charge on any atom is 0.309 e. The second-order valence-electron chi connectivity index (χ2n) is 3.06. The van der Waals surface area contributed by atoms with Crippen LogP contribution in [0.15, 0.2) is 10.9 Å². The second kappa shape index (κ2) is 5.20. The van der Waals surface area contributed by atoms with Crippen molar-refractivity contribution in [2.24, 2.45) is 0 Å². The number of nitrogens with one attached hydrogen (secondary N) is 1. The minimum atomic E-state index is -2.88. The largest absolute Gasteiger partial charge is 0.481 e. The summed E-state index contributed by atoms with van der Waals surface area (Å²) in [7, 11) is 0. The molecule has 0 amide bonds. The molecular weight excluding hydrogens is 288 g/mol. The molecule has 0 fully saturated rings. The van der Waals surface area contributed by atoms with Crippen LogP contribution in [0.3, 0.4) is 0 Å². The number of carbonyl (C=O) groups is 1. The van der Waals surface area contributed by atoms with Crippen molar-refractivity contribution in [3.05, 3.63) is 33.2 Å². The third-order valence-corrected chi connectivity index (χ3v) is 2.46. The van der Waals surface area contributed by atoms with Crippen LogP contribution in [0.4, 0.5) is 8.78 Å². The van der Waals surface area contributed by atoms with E-state index < -0.39 is 29.8 Å². The third kappa shape index (κ3) is 2.88. The van der Waals surface area contributed by atoms with Crippen LogP contribution >= 0.6 is 15.9 Å². The van der Waals surface area contributed by atoms with Gasteiger partial charge in [0.1, 0.15) is 0 Å². The van der Waals surface area contributed by atoms with Crippen molar-refractivity contribution in [3.8, 4) is 0 Å². The Hall–Kier alpha value is -1.24. The van der Waals surface area contributed by atoms with E-state index in [0.29, 0.717) is 0 Å². The summed E-state index contributed by atoms with van der Waals surface area (Å²) >= 11 is 2.96. The first-order chi connectivity index (χ1) is 7.45. The number of hydrogen-bond donors (Lipinski definition) is 2. The molecule has 0 aliphatic heterocycles. The van der Waals surface area contributed by atoms with Crippen LogP contribution in [0.1, 0.15) is 23.4 Å². The lowest BCUT2D eigenvalue weighted by Crippen LogP contribution is -2.17. The van der Waals surface area contributed by atoms with E-state index in [1.807, 2.05) is 0 Å². The molecule has 1 aromatic rings. The summed E-state index contributed by atoms with van der Waals surface area (Å²) in [4.78, 5) is 24.3. The van der Waals surface area contributed by atoms with Crippen LogP contribution in [-0.2, 0) is 16.5 Å². The zero-order chi connectivity index (χ0) is 12.3. The molecule has 0 saturated carbocycles. The predicted molar refractivity (Wildman–Crippen MR) is 56.0 cm³/mol. The molecule has 1 rings (SSSR count). The first-order valence-corrected chi connectivity index (χ1v) is 5.38. The predicted octanol–water partition coefficient (Wildman–Crippen LogP) is 1.83.